The zero-order chi connectivity index (χ0) is 20.5. The van der Waals surface area contributed by atoms with E-state index in [9.17, 15) is 14.4 Å². The monoisotopic (exact) mass is 388 g/mol. The van der Waals surface area contributed by atoms with Gasteiger partial charge < -0.3 is 16.0 Å². The second-order valence-corrected chi connectivity index (χ2v) is 6.21. The number of amides is 3. The lowest BCUT2D eigenvalue weighted by atomic mass is 10.1. The molecule has 0 aliphatic rings. The van der Waals surface area contributed by atoms with E-state index in [1.54, 1.807) is 48.8 Å². The van der Waals surface area contributed by atoms with Crippen molar-refractivity contribution < 1.29 is 14.4 Å². The fraction of sp³-hybridized carbons (Fsp3) is 0.0909. The number of hydrogen-bond acceptors (Lipinski definition) is 4. The molecule has 0 aliphatic carbocycles. The standard InChI is InChI=1S/C22H20N4O3/c27-20(24-14-16-6-2-1-3-7-16)18-8-4-5-9-19(18)26-22(29)21(28)25-15-17-10-12-23-13-11-17/h1-13H,14-15H2,(H,24,27)(H,25,28)(H,26,29). The van der Waals surface area contributed by atoms with Crippen molar-refractivity contribution >= 4 is 23.4 Å². The maximum atomic E-state index is 12.5. The van der Waals surface area contributed by atoms with E-state index in [4.69, 9.17) is 0 Å². The zero-order valence-electron chi connectivity index (χ0n) is 15.6. The number of anilines is 1. The minimum Gasteiger partial charge on any atom is -0.348 e. The third-order valence-electron chi connectivity index (χ3n) is 4.12. The Bertz CT molecular complexity index is 991. The molecule has 146 valence electrons. The molecule has 1 heterocycles. The zero-order valence-corrected chi connectivity index (χ0v) is 15.6. The van der Waals surface area contributed by atoms with E-state index in [0.29, 0.717) is 6.54 Å². The van der Waals surface area contributed by atoms with Crippen LogP contribution < -0.4 is 16.0 Å². The molecule has 0 aliphatic heterocycles. The van der Waals surface area contributed by atoms with Crippen molar-refractivity contribution in [1.82, 2.24) is 15.6 Å². The molecule has 7 heteroatoms. The summed E-state index contributed by atoms with van der Waals surface area (Å²) in [5.74, 6) is -1.98. The van der Waals surface area contributed by atoms with Crippen molar-refractivity contribution in [3.8, 4) is 0 Å². The SMILES string of the molecule is O=C(NCc1ccncc1)C(=O)Nc1ccccc1C(=O)NCc1ccccc1. The Kier molecular flexibility index (Phi) is 6.67. The number of carbonyl (C=O) groups is 3. The first-order chi connectivity index (χ1) is 14.1. The molecular formula is C22H20N4O3. The Balaban J connectivity index is 1.59. The van der Waals surface area contributed by atoms with Gasteiger partial charge in [0.2, 0.25) is 0 Å². The van der Waals surface area contributed by atoms with E-state index in [2.05, 4.69) is 20.9 Å². The van der Waals surface area contributed by atoms with E-state index in [1.807, 2.05) is 30.3 Å². The number of nitrogens with zero attached hydrogens (tertiary/aromatic N) is 1. The van der Waals surface area contributed by atoms with Crippen LogP contribution in [0.4, 0.5) is 5.69 Å². The molecule has 0 saturated carbocycles. The van der Waals surface area contributed by atoms with E-state index in [1.165, 1.54) is 0 Å². The molecule has 0 radical (unpaired) electrons. The predicted octanol–water partition coefficient (Wildman–Crippen LogP) is 2.27. The predicted molar refractivity (Wildman–Crippen MR) is 109 cm³/mol. The molecule has 0 atom stereocenters. The van der Waals surface area contributed by atoms with Crippen LogP contribution in [0.5, 0.6) is 0 Å². The third kappa shape index (κ3) is 5.74. The normalized spacial score (nSPS) is 10.1. The average Bonchev–Trinajstić information content (AvgIpc) is 2.77. The van der Waals surface area contributed by atoms with Crippen LogP contribution in [0.25, 0.3) is 0 Å². The summed E-state index contributed by atoms with van der Waals surface area (Å²) in [5.41, 5.74) is 2.32. The topological polar surface area (TPSA) is 100 Å². The smallest absolute Gasteiger partial charge is 0.313 e. The minimum atomic E-state index is -0.845. The summed E-state index contributed by atoms with van der Waals surface area (Å²) in [5, 5.41) is 7.84. The summed E-state index contributed by atoms with van der Waals surface area (Å²) < 4.78 is 0. The first-order valence-corrected chi connectivity index (χ1v) is 9.03. The van der Waals surface area contributed by atoms with Gasteiger partial charge in [0.25, 0.3) is 5.91 Å². The Morgan fingerprint density at radius 1 is 0.690 bits per heavy atom. The van der Waals surface area contributed by atoms with Crippen molar-refractivity contribution in [3.63, 3.8) is 0 Å². The van der Waals surface area contributed by atoms with Gasteiger partial charge in [-0.05, 0) is 35.4 Å². The highest BCUT2D eigenvalue weighted by Gasteiger charge is 2.17. The van der Waals surface area contributed by atoms with E-state index >= 15 is 0 Å². The van der Waals surface area contributed by atoms with Gasteiger partial charge in [-0.25, -0.2) is 0 Å². The van der Waals surface area contributed by atoms with Gasteiger partial charge in [0.1, 0.15) is 0 Å². The Labute approximate surface area is 168 Å². The van der Waals surface area contributed by atoms with E-state index in [0.717, 1.165) is 11.1 Å². The number of nitrogens with one attached hydrogen (secondary N) is 3. The van der Waals surface area contributed by atoms with Crippen molar-refractivity contribution in [1.29, 1.82) is 0 Å². The number of pyridine rings is 1. The van der Waals surface area contributed by atoms with Crippen LogP contribution in [0.3, 0.4) is 0 Å². The molecule has 7 nitrogen and oxygen atoms in total. The number of aromatic nitrogens is 1. The van der Waals surface area contributed by atoms with Gasteiger partial charge in [0.05, 0.1) is 11.3 Å². The van der Waals surface area contributed by atoms with Gasteiger partial charge in [-0.2, -0.15) is 0 Å². The molecule has 1 aromatic heterocycles. The number of para-hydroxylation sites is 1. The highest BCUT2D eigenvalue weighted by atomic mass is 16.2. The fourth-order valence-corrected chi connectivity index (χ4v) is 2.61. The summed E-state index contributed by atoms with van der Waals surface area (Å²) in [6.45, 7) is 0.558. The third-order valence-corrected chi connectivity index (χ3v) is 4.12. The van der Waals surface area contributed by atoms with Crippen molar-refractivity contribution in [2.45, 2.75) is 13.1 Å². The molecular weight excluding hydrogens is 368 g/mol. The second-order valence-electron chi connectivity index (χ2n) is 6.21. The average molecular weight is 388 g/mol. The van der Waals surface area contributed by atoms with Crippen LogP contribution in [0.1, 0.15) is 21.5 Å². The van der Waals surface area contributed by atoms with Gasteiger partial charge in [0, 0.05) is 25.5 Å². The van der Waals surface area contributed by atoms with Gasteiger partial charge in [-0.15, -0.1) is 0 Å². The maximum absolute atomic E-state index is 12.5. The molecule has 3 N–H and O–H groups in total. The van der Waals surface area contributed by atoms with Crippen LogP contribution in [0.2, 0.25) is 0 Å². The van der Waals surface area contributed by atoms with Gasteiger partial charge in [0.15, 0.2) is 0 Å². The number of hydrogen-bond donors (Lipinski definition) is 3. The van der Waals surface area contributed by atoms with Crippen molar-refractivity contribution in [2.75, 3.05) is 5.32 Å². The molecule has 0 bridgehead atoms. The number of benzene rings is 2. The van der Waals surface area contributed by atoms with Gasteiger partial charge >= 0.3 is 11.8 Å². The first kappa shape index (κ1) is 19.8. The Morgan fingerprint density at radius 2 is 1.31 bits per heavy atom. The molecule has 3 rings (SSSR count). The summed E-state index contributed by atoms with van der Waals surface area (Å²) >= 11 is 0. The highest BCUT2D eigenvalue weighted by Crippen LogP contribution is 2.15. The summed E-state index contributed by atoms with van der Waals surface area (Å²) in [6.07, 6.45) is 3.21. The molecule has 0 spiro atoms. The van der Waals surface area contributed by atoms with Crippen LogP contribution in [0.15, 0.2) is 79.1 Å². The lowest BCUT2D eigenvalue weighted by Gasteiger charge is -2.11. The van der Waals surface area contributed by atoms with Crippen LogP contribution in [-0.4, -0.2) is 22.7 Å². The molecule has 2 aromatic carbocycles. The molecule has 0 unspecified atom stereocenters. The summed E-state index contributed by atoms with van der Waals surface area (Å²) in [6, 6.07) is 19.5. The molecule has 29 heavy (non-hydrogen) atoms. The lowest BCUT2D eigenvalue weighted by molar-refractivity contribution is -0.136. The van der Waals surface area contributed by atoms with Crippen LogP contribution in [0, 0.1) is 0 Å². The first-order valence-electron chi connectivity index (χ1n) is 9.03. The maximum Gasteiger partial charge on any atom is 0.313 e. The Hall–Kier alpha value is -4.00. The van der Waals surface area contributed by atoms with Gasteiger partial charge in [-0.1, -0.05) is 42.5 Å². The molecule has 0 saturated heterocycles. The fourth-order valence-electron chi connectivity index (χ4n) is 2.61. The summed E-state index contributed by atoms with van der Waals surface area (Å²) in [7, 11) is 0. The van der Waals surface area contributed by atoms with E-state index < -0.39 is 11.8 Å². The molecule has 3 aromatic rings. The van der Waals surface area contributed by atoms with E-state index in [-0.39, 0.29) is 23.7 Å². The van der Waals surface area contributed by atoms with Crippen LogP contribution >= 0.6 is 0 Å². The molecule has 0 fully saturated rings. The quantitative estimate of drug-likeness (QED) is 0.564. The van der Waals surface area contributed by atoms with Gasteiger partial charge in [-0.3, -0.25) is 19.4 Å². The Morgan fingerprint density at radius 3 is 2.07 bits per heavy atom. The van der Waals surface area contributed by atoms with Crippen molar-refractivity contribution in [3.05, 3.63) is 95.8 Å². The second kappa shape index (κ2) is 9.80. The lowest BCUT2D eigenvalue weighted by Crippen LogP contribution is -2.35. The minimum absolute atomic E-state index is 0.202. The van der Waals surface area contributed by atoms with Crippen molar-refractivity contribution in [2.24, 2.45) is 0 Å². The number of carbonyl (C=O) groups excluding carboxylic acids is 3. The highest BCUT2D eigenvalue weighted by molar-refractivity contribution is 6.40. The largest absolute Gasteiger partial charge is 0.348 e. The summed E-state index contributed by atoms with van der Waals surface area (Å²) in [4.78, 5) is 40.7. The van der Waals surface area contributed by atoms with Crippen LogP contribution in [-0.2, 0) is 22.7 Å². The number of rotatable bonds is 6. The molecule has 3 amide bonds.